The van der Waals surface area contributed by atoms with Gasteiger partial charge in [-0.25, -0.2) is 9.97 Å². The van der Waals surface area contributed by atoms with Gasteiger partial charge < -0.3 is 14.6 Å². The van der Waals surface area contributed by atoms with E-state index < -0.39 is 0 Å². The van der Waals surface area contributed by atoms with Crippen LogP contribution in [-0.4, -0.2) is 25.0 Å². The molecule has 4 rings (SSSR count). The number of phenolic OH excluding ortho intramolecular Hbond substituents is 1. The van der Waals surface area contributed by atoms with Gasteiger partial charge in [0.05, 0.1) is 17.3 Å². The molecule has 2 heterocycles. The van der Waals surface area contributed by atoms with Crippen molar-refractivity contribution in [2.24, 2.45) is 0 Å². The summed E-state index contributed by atoms with van der Waals surface area (Å²) >= 11 is 0. The molecule has 0 spiro atoms. The van der Waals surface area contributed by atoms with Crippen LogP contribution in [0.15, 0.2) is 67.0 Å². The van der Waals surface area contributed by atoms with E-state index in [-0.39, 0.29) is 17.8 Å². The number of aromatic hydroxyl groups is 1. The molecule has 0 saturated carbocycles. The van der Waals surface area contributed by atoms with Crippen LogP contribution >= 0.6 is 0 Å². The number of rotatable bonds is 5. The monoisotopic (exact) mass is 382 g/mol. The Hall–Kier alpha value is -4.51. The maximum atomic E-state index is 9.30. The molecule has 4 aromatic rings. The van der Waals surface area contributed by atoms with Crippen molar-refractivity contribution in [3.05, 3.63) is 78.8 Å². The molecule has 0 aliphatic rings. The Balaban J connectivity index is 1.48. The van der Waals surface area contributed by atoms with Crippen molar-refractivity contribution in [1.29, 1.82) is 5.26 Å². The van der Waals surface area contributed by atoms with E-state index in [0.29, 0.717) is 28.3 Å². The quantitative estimate of drug-likeness (QED) is 0.553. The molecular weight excluding hydrogens is 370 g/mol. The lowest BCUT2D eigenvalue weighted by molar-refractivity contribution is 0.437. The second-order valence-electron chi connectivity index (χ2n) is 5.74. The average molecular weight is 382 g/mol. The molecule has 0 aliphatic carbocycles. The maximum absolute atomic E-state index is 9.30. The van der Waals surface area contributed by atoms with E-state index in [1.165, 1.54) is 18.3 Å². The number of ether oxygens (including phenoxy) is 2. The van der Waals surface area contributed by atoms with Crippen molar-refractivity contribution in [1.82, 2.24) is 19.9 Å². The third-order valence-electron chi connectivity index (χ3n) is 3.72. The Labute approximate surface area is 165 Å². The van der Waals surface area contributed by atoms with E-state index in [0.717, 1.165) is 0 Å². The summed E-state index contributed by atoms with van der Waals surface area (Å²) in [7, 11) is 0. The minimum Gasteiger partial charge on any atom is -0.508 e. The Morgan fingerprint density at radius 2 is 1.55 bits per heavy atom. The lowest BCUT2D eigenvalue weighted by Crippen LogP contribution is -1.96. The highest BCUT2D eigenvalue weighted by Gasteiger charge is 2.08. The van der Waals surface area contributed by atoms with E-state index in [2.05, 4.69) is 26.1 Å². The number of phenols is 1. The minimum atomic E-state index is 0.113. The van der Waals surface area contributed by atoms with Gasteiger partial charge in [0.15, 0.2) is 0 Å². The Kier molecular flexibility index (Phi) is 4.95. The van der Waals surface area contributed by atoms with Crippen LogP contribution in [0.1, 0.15) is 5.56 Å². The molecule has 0 saturated heterocycles. The van der Waals surface area contributed by atoms with Crippen LogP contribution in [0, 0.1) is 17.5 Å². The fraction of sp³-hybridized carbons (Fsp3) is 0. The van der Waals surface area contributed by atoms with E-state index in [4.69, 9.17) is 14.7 Å². The van der Waals surface area contributed by atoms with Crippen LogP contribution in [0.25, 0.3) is 11.3 Å². The van der Waals surface area contributed by atoms with Crippen LogP contribution in [0.2, 0.25) is 0 Å². The largest absolute Gasteiger partial charge is 0.508 e. The molecule has 8 nitrogen and oxygen atoms in total. The van der Waals surface area contributed by atoms with E-state index in [1.807, 2.05) is 6.07 Å². The van der Waals surface area contributed by atoms with E-state index in [9.17, 15) is 5.11 Å². The zero-order valence-corrected chi connectivity index (χ0v) is 14.9. The summed E-state index contributed by atoms with van der Waals surface area (Å²) in [6.45, 7) is 0. The van der Waals surface area contributed by atoms with Gasteiger partial charge in [-0.2, -0.15) is 15.2 Å². The van der Waals surface area contributed by atoms with Crippen LogP contribution in [0.3, 0.4) is 0 Å². The van der Waals surface area contributed by atoms with Crippen molar-refractivity contribution < 1.29 is 14.6 Å². The first-order valence-corrected chi connectivity index (χ1v) is 8.43. The van der Waals surface area contributed by atoms with Crippen molar-refractivity contribution in [2.75, 3.05) is 0 Å². The van der Waals surface area contributed by atoms with E-state index in [1.54, 1.807) is 48.7 Å². The molecule has 8 heteroatoms. The first kappa shape index (κ1) is 17.9. The minimum absolute atomic E-state index is 0.113. The van der Waals surface area contributed by atoms with Gasteiger partial charge in [-0.05, 0) is 54.6 Å². The van der Waals surface area contributed by atoms with Gasteiger partial charge in [0.1, 0.15) is 23.4 Å². The van der Waals surface area contributed by atoms with Gasteiger partial charge >= 0.3 is 12.0 Å². The van der Waals surface area contributed by atoms with Gasteiger partial charge in [0, 0.05) is 18.0 Å². The molecule has 0 fully saturated rings. The zero-order valence-electron chi connectivity index (χ0n) is 14.9. The summed E-state index contributed by atoms with van der Waals surface area (Å²) in [5.41, 5.74) is 1.60. The number of nitrogens with zero attached hydrogens (tertiary/aromatic N) is 5. The smallest absolute Gasteiger partial charge is 0.322 e. The molecule has 139 valence electrons. The van der Waals surface area contributed by atoms with Crippen LogP contribution in [0.4, 0.5) is 0 Å². The molecular formula is C21H12N5O3. The number of hydrogen-bond acceptors (Lipinski definition) is 8. The highest BCUT2D eigenvalue weighted by Crippen LogP contribution is 2.23. The maximum Gasteiger partial charge on any atom is 0.322 e. The summed E-state index contributed by atoms with van der Waals surface area (Å²) in [4.78, 5) is 16.6. The second kappa shape index (κ2) is 8.02. The fourth-order valence-corrected chi connectivity index (χ4v) is 2.32. The Bertz CT molecular complexity index is 1150. The molecule has 0 unspecified atom stereocenters. The predicted octanol–water partition coefficient (Wildman–Crippen LogP) is 3.90. The number of aromatic nitrogens is 4. The molecule has 0 amide bonds. The first-order valence-electron chi connectivity index (χ1n) is 8.43. The van der Waals surface area contributed by atoms with Crippen molar-refractivity contribution >= 4 is 0 Å². The van der Waals surface area contributed by atoms with Crippen molar-refractivity contribution in [3.63, 3.8) is 0 Å². The standard InChI is InChI=1S/C21H12N5O3/c22-11-14-1-5-17(6-2-14)29-21-23-10-9-19(26-21)15-12-24-20(25-13-15)28-18-7-3-16(27)4-8-18/h1-10,12,27H. The van der Waals surface area contributed by atoms with Gasteiger partial charge in [-0.15, -0.1) is 0 Å². The highest BCUT2D eigenvalue weighted by atomic mass is 16.5. The Morgan fingerprint density at radius 1 is 0.862 bits per heavy atom. The molecule has 0 atom stereocenters. The van der Waals surface area contributed by atoms with Gasteiger partial charge in [0.2, 0.25) is 0 Å². The third-order valence-corrected chi connectivity index (χ3v) is 3.72. The SMILES string of the molecule is N#Cc1ccc(Oc2nccc(-c3[c]nc(Oc4ccc(O)cc4)nc3)n2)cc1. The van der Waals surface area contributed by atoms with Crippen molar-refractivity contribution in [3.8, 4) is 46.6 Å². The van der Waals surface area contributed by atoms with Gasteiger partial charge in [-0.1, -0.05) is 0 Å². The highest BCUT2D eigenvalue weighted by molar-refractivity contribution is 5.56. The third kappa shape index (κ3) is 4.43. The molecule has 2 aromatic carbocycles. The summed E-state index contributed by atoms with van der Waals surface area (Å²) in [5, 5.41) is 18.1. The molecule has 1 N–H and O–H groups in total. The molecule has 0 bridgehead atoms. The fourth-order valence-electron chi connectivity index (χ4n) is 2.32. The lowest BCUT2D eigenvalue weighted by Gasteiger charge is -2.06. The van der Waals surface area contributed by atoms with Crippen molar-refractivity contribution in [2.45, 2.75) is 0 Å². The normalized spacial score (nSPS) is 10.2. The zero-order chi connectivity index (χ0) is 20.1. The number of hydrogen-bond donors (Lipinski definition) is 1. The first-order chi connectivity index (χ1) is 14.2. The summed E-state index contributed by atoms with van der Waals surface area (Å²) in [5.74, 6) is 1.14. The molecule has 0 aliphatic heterocycles. The van der Waals surface area contributed by atoms with Crippen LogP contribution in [0.5, 0.6) is 29.3 Å². The van der Waals surface area contributed by atoms with Gasteiger partial charge in [0.25, 0.3) is 0 Å². The molecule has 2 aromatic heterocycles. The summed E-state index contributed by atoms with van der Waals surface area (Å²) < 4.78 is 11.1. The summed E-state index contributed by atoms with van der Waals surface area (Å²) in [6.07, 6.45) is 5.90. The summed E-state index contributed by atoms with van der Waals surface area (Å²) in [6, 6.07) is 16.8. The lowest BCUT2D eigenvalue weighted by atomic mass is 10.2. The average Bonchev–Trinajstić information content (AvgIpc) is 2.77. The predicted molar refractivity (Wildman–Crippen MR) is 101 cm³/mol. The van der Waals surface area contributed by atoms with E-state index >= 15 is 0 Å². The Morgan fingerprint density at radius 3 is 2.21 bits per heavy atom. The number of nitriles is 1. The second-order valence-corrected chi connectivity index (χ2v) is 5.74. The topological polar surface area (TPSA) is 114 Å². The van der Waals surface area contributed by atoms with Gasteiger partial charge in [-0.3, -0.25) is 0 Å². The van der Waals surface area contributed by atoms with Crippen LogP contribution < -0.4 is 9.47 Å². The molecule has 1 radical (unpaired) electrons. The van der Waals surface area contributed by atoms with Crippen LogP contribution in [-0.2, 0) is 0 Å². The number of benzene rings is 2. The molecule has 29 heavy (non-hydrogen) atoms.